The van der Waals surface area contributed by atoms with Gasteiger partial charge in [-0.3, -0.25) is 14.5 Å². The molecule has 1 aliphatic rings. The maximum atomic E-state index is 13.6. The lowest BCUT2D eigenvalue weighted by Crippen LogP contribution is -2.29. The zero-order chi connectivity index (χ0) is 29.6. The number of rotatable bonds is 11. The number of amides is 1. The molecule has 1 N–H and O–H groups in total. The van der Waals surface area contributed by atoms with Crippen LogP contribution >= 0.6 is 34.7 Å². The number of anilines is 1. The van der Waals surface area contributed by atoms with Gasteiger partial charge >= 0.3 is 5.91 Å². The lowest BCUT2D eigenvalue weighted by molar-refractivity contribution is -0.132. The minimum Gasteiger partial charge on any atom is -0.507 e. The first-order valence-corrected chi connectivity index (χ1v) is 15.5. The Kier molecular flexibility index (Phi) is 9.46. The fourth-order valence-corrected chi connectivity index (χ4v) is 6.44. The average molecular weight is 622 g/mol. The van der Waals surface area contributed by atoms with E-state index in [2.05, 4.69) is 17.1 Å². The highest BCUT2D eigenvalue weighted by Crippen LogP contribution is 2.45. The Labute approximate surface area is 257 Å². The molecule has 216 valence electrons. The van der Waals surface area contributed by atoms with Crippen molar-refractivity contribution in [1.82, 2.24) is 10.2 Å². The number of unbranched alkanes of at least 4 members (excludes halogenated alkanes) is 1. The predicted octanol–water partition coefficient (Wildman–Crippen LogP) is 7.30. The lowest BCUT2D eigenvalue weighted by Gasteiger charge is -2.23. The Morgan fingerprint density at radius 2 is 1.81 bits per heavy atom. The SMILES string of the molecule is CCCCOc1ccc(C2/C(=C(/O)c3ccc(Cl)cc3)C(=O)C(=O)N2c2nnc(SCc3ccccc3)s2)cc1OC. The highest BCUT2D eigenvalue weighted by atomic mass is 35.5. The number of Topliss-reactive ketones (excluding diaryl/α,β-unsaturated/α-hetero) is 1. The number of thioether (sulfide) groups is 1. The highest BCUT2D eigenvalue weighted by Gasteiger charge is 2.48. The molecule has 1 atom stereocenters. The monoisotopic (exact) mass is 621 g/mol. The smallest absolute Gasteiger partial charge is 0.301 e. The molecule has 0 radical (unpaired) electrons. The molecule has 42 heavy (non-hydrogen) atoms. The van der Waals surface area contributed by atoms with E-state index >= 15 is 0 Å². The summed E-state index contributed by atoms with van der Waals surface area (Å²) in [6, 6.07) is 20.6. The number of methoxy groups -OCH3 is 1. The van der Waals surface area contributed by atoms with Crippen molar-refractivity contribution in [3.05, 3.63) is 100 Å². The number of carbonyl (C=O) groups excluding carboxylic acids is 2. The van der Waals surface area contributed by atoms with Crippen molar-refractivity contribution in [1.29, 1.82) is 0 Å². The Bertz CT molecular complexity index is 1610. The van der Waals surface area contributed by atoms with Crippen molar-refractivity contribution in [2.75, 3.05) is 18.6 Å². The molecule has 1 unspecified atom stereocenters. The molecule has 0 aliphatic carbocycles. The third-order valence-electron chi connectivity index (χ3n) is 6.63. The van der Waals surface area contributed by atoms with Crippen LogP contribution in [0.2, 0.25) is 5.02 Å². The number of aliphatic hydroxyl groups excluding tert-OH is 1. The molecule has 0 saturated carbocycles. The Hall–Kier alpha value is -3.86. The molecular formula is C31H28ClN3O5S2. The number of aromatic nitrogens is 2. The summed E-state index contributed by atoms with van der Waals surface area (Å²) in [6.07, 6.45) is 1.86. The molecule has 8 nitrogen and oxygen atoms in total. The van der Waals surface area contributed by atoms with E-state index in [0.717, 1.165) is 18.4 Å². The van der Waals surface area contributed by atoms with Crippen LogP contribution in [0.25, 0.3) is 5.76 Å². The van der Waals surface area contributed by atoms with Crippen molar-refractivity contribution < 1.29 is 24.2 Å². The molecule has 11 heteroatoms. The van der Waals surface area contributed by atoms with E-state index in [4.69, 9.17) is 21.1 Å². The van der Waals surface area contributed by atoms with Crippen molar-refractivity contribution in [3.8, 4) is 11.5 Å². The average Bonchev–Trinajstić information content (AvgIpc) is 3.58. The first-order valence-electron chi connectivity index (χ1n) is 13.3. The van der Waals surface area contributed by atoms with E-state index in [-0.39, 0.29) is 16.5 Å². The van der Waals surface area contributed by atoms with Crippen LogP contribution in [-0.4, -0.2) is 40.7 Å². The summed E-state index contributed by atoms with van der Waals surface area (Å²) >= 11 is 8.74. The van der Waals surface area contributed by atoms with Crippen LogP contribution in [0.1, 0.15) is 42.5 Å². The number of ketones is 1. The summed E-state index contributed by atoms with van der Waals surface area (Å²) in [6.45, 7) is 2.60. The van der Waals surface area contributed by atoms with Gasteiger partial charge in [-0.1, -0.05) is 84.4 Å². The van der Waals surface area contributed by atoms with Gasteiger partial charge in [0.1, 0.15) is 5.76 Å². The van der Waals surface area contributed by atoms with E-state index in [0.29, 0.717) is 44.3 Å². The van der Waals surface area contributed by atoms with Gasteiger partial charge in [-0.15, -0.1) is 10.2 Å². The molecule has 5 rings (SSSR count). The number of hydrogen-bond acceptors (Lipinski definition) is 9. The number of benzene rings is 3. The minimum absolute atomic E-state index is 0.0716. The molecule has 1 aromatic heterocycles. The van der Waals surface area contributed by atoms with Crippen LogP contribution < -0.4 is 14.4 Å². The molecule has 1 aliphatic heterocycles. The van der Waals surface area contributed by atoms with Crippen molar-refractivity contribution in [2.45, 2.75) is 35.9 Å². The molecule has 3 aromatic carbocycles. The van der Waals surface area contributed by atoms with Crippen LogP contribution in [0.3, 0.4) is 0 Å². The Morgan fingerprint density at radius 1 is 1.05 bits per heavy atom. The number of carbonyl (C=O) groups is 2. The molecule has 1 fully saturated rings. The summed E-state index contributed by atoms with van der Waals surface area (Å²) < 4.78 is 12.1. The van der Waals surface area contributed by atoms with Crippen molar-refractivity contribution in [2.24, 2.45) is 0 Å². The molecule has 0 spiro atoms. The second-order valence-electron chi connectivity index (χ2n) is 9.41. The van der Waals surface area contributed by atoms with Crippen LogP contribution in [-0.2, 0) is 15.3 Å². The normalized spacial score (nSPS) is 16.2. The summed E-state index contributed by atoms with van der Waals surface area (Å²) in [4.78, 5) is 28.4. The molecule has 0 bridgehead atoms. The van der Waals surface area contributed by atoms with E-state index in [1.807, 2.05) is 30.3 Å². The summed E-state index contributed by atoms with van der Waals surface area (Å²) in [5, 5.41) is 20.7. The van der Waals surface area contributed by atoms with Crippen LogP contribution in [0.4, 0.5) is 5.13 Å². The topological polar surface area (TPSA) is 102 Å². The third kappa shape index (κ3) is 6.30. The Morgan fingerprint density at radius 3 is 2.52 bits per heavy atom. The standard InChI is InChI=1S/C31H28ClN3O5S2/c1-3-4-16-40-23-15-12-21(17-24(23)39-2)26-25(27(36)20-10-13-22(32)14-11-20)28(37)29(38)35(26)30-33-34-31(42-30)41-18-19-8-6-5-7-9-19/h5-15,17,26,36H,3-4,16,18H2,1-2H3/b27-25-. The van der Waals surface area contributed by atoms with Gasteiger partial charge in [0, 0.05) is 16.3 Å². The van der Waals surface area contributed by atoms with Gasteiger partial charge in [0.25, 0.3) is 5.78 Å². The van der Waals surface area contributed by atoms with Gasteiger partial charge in [-0.05, 0) is 53.9 Å². The molecular weight excluding hydrogens is 594 g/mol. The number of aliphatic hydroxyl groups is 1. The lowest BCUT2D eigenvalue weighted by atomic mass is 9.95. The molecule has 2 heterocycles. The van der Waals surface area contributed by atoms with Crippen molar-refractivity contribution >= 4 is 57.3 Å². The molecule has 1 saturated heterocycles. The molecule has 4 aromatic rings. The van der Waals surface area contributed by atoms with E-state index < -0.39 is 17.7 Å². The van der Waals surface area contributed by atoms with Crippen molar-refractivity contribution in [3.63, 3.8) is 0 Å². The zero-order valence-electron chi connectivity index (χ0n) is 23.0. The van der Waals surface area contributed by atoms with E-state index in [1.54, 1.807) is 42.5 Å². The van der Waals surface area contributed by atoms with Crippen LogP contribution in [0.15, 0.2) is 82.7 Å². The number of hydrogen-bond donors (Lipinski definition) is 1. The van der Waals surface area contributed by atoms with Gasteiger partial charge in [0.05, 0.1) is 25.3 Å². The first kappa shape index (κ1) is 29.6. The quantitative estimate of drug-likeness (QED) is 0.0465. The molecule has 1 amide bonds. The Balaban J connectivity index is 1.56. The number of ether oxygens (including phenoxy) is 2. The second-order valence-corrected chi connectivity index (χ2v) is 12.0. The third-order valence-corrected chi connectivity index (χ3v) is 9.01. The predicted molar refractivity (Wildman–Crippen MR) is 166 cm³/mol. The fourth-order valence-electron chi connectivity index (χ4n) is 4.49. The minimum atomic E-state index is -0.987. The van der Waals surface area contributed by atoms with Crippen LogP contribution in [0, 0.1) is 0 Å². The van der Waals surface area contributed by atoms with Gasteiger partial charge < -0.3 is 14.6 Å². The second kappa shape index (κ2) is 13.4. The van der Waals surface area contributed by atoms with Gasteiger partial charge in [0.15, 0.2) is 15.8 Å². The maximum Gasteiger partial charge on any atom is 0.301 e. The first-order chi connectivity index (χ1) is 20.4. The van der Waals surface area contributed by atoms with E-state index in [9.17, 15) is 14.7 Å². The largest absolute Gasteiger partial charge is 0.507 e. The summed E-state index contributed by atoms with van der Waals surface area (Å²) in [7, 11) is 1.53. The number of halogens is 1. The summed E-state index contributed by atoms with van der Waals surface area (Å²) in [5.41, 5.74) is 1.94. The fraction of sp³-hybridized carbons (Fsp3) is 0.226. The highest BCUT2D eigenvalue weighted by molar-refractivity contribution is 8.00. The van der Waals surface area contributed by atoms with Gasteiger partial charge in [-0.2, -0.15) is 0 Å². The summed E-state index contributed by atoms with van der Waals surface area (Å²) in [5.74, 6) is -0.304. The maximum absolute atomic E-state index is 13.6. The van der Waals surface area contributed by atoms with E-state index in [1.165, 1.54) is 35.1 Å². The van der Waals surface area contributed by atoms with Gasteiger partial charge in [0.2, 0.25) is 5.13 Å². The van der Waals surface area contributed by atoms with Gasteiger partial charge in [-0.25, -0.2) is 0 Å². The zero-order valence-corrected chi connectivity index (χ0v) is 25.3. The number of nitrogens with zero attached hydrogens (tertiary/aromatic N) is 3. The van der Waals surface area contributed by atoms with Crippen LogP contribution in [0.5, 0.6) is 11.5 Å².